The molecule has 58 valence electrons. The van der Waals surface area contributed by atoms with Crippen LogP contribution < -0.4 is 0 Å². The van der Waals surface area contributed by atoms with E-state index in [1.165, 1.54) is 0 Å². The van der Waals surface area contributed by atoms with E-state index in [2.05, 4.69) is 9.97 Å². The van der Waals surface area contributed by atoms with Crippen molar-refractivity contribution in [3.63, 3.8) is 0 Å². The molecule has 1 rings (SSSR count). The summed E-state index contributed by atoms with van der Waals surface area (Å²) in [6, 6.07) is 0. The van der Waals surface area contributed by atoms with Gasteiger partial charge in [0.25, 0.3) is 0 Å². The van der Waals surface area contributed by atoms with Crippen molar-refractivity contribution in [2.75, 3.05) is 0 Å². The van der Waals surface area contributed by atoms with Crippen molar-refractivity contribution >= 4 is 12.4 Å². The van der Waals surface area contributed by atoms with Crippen molar-refractivity contribution < 1.29 is 5.11 Å². The van der Waals surface area contributed by atoms with E-state index in [1.807, 2.05) is 13.8 Å². The minimum Gasteiger partial charge on any atom is -0.390 e. The Balaban J connectivity index is 0.000000810. The van der Waals surface area contributed by atoms with E-state index in [9.17, 15) is 0 Å². The molecule has 10 heavy (non-hydrogen) atoms. The van der Waals surface area contributed by atoms with Crippen LogP contribution in [-0.2, 0) is 6.61 Å². The van der Waals surface area contributed by atoms with Crippen LogP contribution in [0.25, 0.3) is 0 Å². The molecule has 0 aromatic carbocycles. The summed E-state index contributed by atoms with van der Waals surface area (Å²) in [7, 11) is 0. The summed E-state index contributed by atoms with van der Waals surface area (Å²) in [5.41, 5.74) is 1.70. The van der Waals surface area contributed by atoms with Gasteiger partial charge in [-0.3, -0.25) is 0 Å². The lowest BCUT2D eigenvalue weighted by atomic mass is 10.4. The average molecular weight is 163 g/mol. The highest BCUT2D eigenvalue weighted by molar-refractivity contribution is 5.85. The minimum absolute atomic E-state index is 0. The zero-order valence-corrected chi connectivity index (χ0v) is 6.83. The van der Waals surface area contributed by atoms with Crippen LogP contribution in [-0.4, -0.2) is 15.1 Å². The summed E-state index contributed by atoms with van der Waals surface area (Å²) in [6.07, 6.45) is 0. The van der Waals surface area contributed by atoms with Gasteiger partial charge in [-0.2, -0.15) is 0 Å². The molecule has 0 radical (unpaired) electrons. The van der Waals surface area contributed by atoms with Crippen molar-refractivity contribution in [1.29, 1.82) is 0 Å². The third-order valence-corrected chi connectivity index (χ3v) is 1.25. The first-order valence-corrected chi connectivity index (χ1v) is 2.87. The fourth-order valence-electron chi connectivity index (χ4n) is 0.812. The lowest BCUT2D eigenvalue weighted by molar-refractivity contribution is 0.276. The van der Waals surface area contributed by atoms with E-state index < -0.39 is 0 Å². The molecule has 0 spiro atoms. The number of halogens is 1. The number of nitrogens with zero attached hydrogens (tertiary/aromatic N) is 1. The summed E-state index contributed by atoms with van der Waals surface area (Å²) < 4.78 is 0. The highest BCUT2D eigenvalue weighted by Gasteiger charge is 1.99. The van der Waals surface area contributed by atoms with E-state index in [4.69, 9.17) is 5.11 Å². The average Bonchev–Trinajstić information content (AvgIpc) is 2.10. The molecule has 0 amide bonds. The molecule has 0 bridgehead atoms. The molecule has 1 aromatic heterocycles. The van der Waals surface area contributed by atoms with Crippen molar-refractivity contribution in [3.05, 3.63) is 17.2 Å². The molecule has 0 saturated carbocycles. The molecule has 0 aliphatic carbocycles. The Hall–Kier alpha value is -0.540. The highest BCUT2D eigenvalue weighted by atomic mass is 35.5. The topological polar surface area (TPSA) is 48.9 Å². The van der Waals surface area contributed by atoms with Gasteiger partial charge in [-0.05, 0) is 13.8 Å². The molecule has 0 aliphatic rings. The highest BCUT2D eigenvalue weighted by Crippen LogP contribution is 2.02. The van der Waals surface area contributed by atoms with Crippen LogP contribution in [0.1, 0.15) is 17.2 Å². The Morgan fingerprint density at radius 3 is 2.30 bits per heavy atom. The number of H-pyrrole nitrogens is 1. The number of aromatic amines is 1. The van der Waals surface area contributed by atoms with Crippen molar-refractivity contribution in [3.8, 4) is 0 Å². The maximum atomic E-state index is 8.65. The van der Waals surface area contributed by atoms with Gasteiger partial charge in [-0.1, -0.05) is 0 Å². The van der Waals surface area contributed by atoms with Gasteiger partial charge in [0.15, 0.2) is 0 Å². The van der Waals surface area contributed by atoms with Crippen LogP contribution in [0.2, 0.25) is 0 Å². The summed E-state index contributed by atoms with van der Waals surface area (Å²) in [6.45, 7) is 3.79. The molecule has 2 N–H and O–H groups in total. The number of aryl methyl sites for hydroxylation is 2. The van der Waals surface area contributed by atoms with Gasteiger partial charge < -0.3 is 10.1 Å². The predicted octanol–water partition coefficient (Wildman–Crippen LogP) is 0.941. The SMILES string of the molecule is Cc1nc(CO)c(C)[nH]1.Cl. The first-order chi connectivity index (χ1) is 4.24. The summed E-state index contributed by atoms with van der Waals surface area (Å²) in [4.78, 5) is 7.01. The van der Waals surface area contributed by atoms with Crippen LogP contribution in [0.3, 0.4) is 0 Å². The van der Waals surface area contributed by atoms with Gasteiger partial charge in [0, 0.05) is 5.69 Å². The second-order valence-corrected chi connectivity index (χ2v) is 2.05. The minimum atomic E-state index is 0. The molecule has 1 aromatic rings. The first kappa shape index (κ1) is 9.46. The molecule has 3 nitrogen and oxygen atoms in total. The Labute approximate surface area is 65.9 Å². The predicted molar refractivity (Wildman–Crippen MR) is 41.2 cm³/mol. The number of imidazole rings is 1. The Bertz CT molecular complexity index is 210. The van der Waals surface area contributed by atoms with E-state index in [0.29, 0.717) is 0 Å². The fourth-order valence-corrected chi connectivity index (χ4v) is 0.812. The second-order valence-electron chi connectivity index (χ2n) is 2.05. The van der Waals surface area contributed by atoms with E-state index in [0.717, 1.165) is 17.2 Å². The van der Waals surface area contributed by atoms with Crippen LogP contribution >= 0.6 is 12.4 Å². The molecular formula is C6H11ClN2O. The molecule has 0 fully saturated rings. The van der Waals surface area contributed by atoms with Gasteiger partial charge in [0.1, 0.15) is 5.82 Å². The van der Waals surface area contributed by atoms with Crippen LogP contribution in [0.15, 0.2) is 0 Å². The number of rotatable bonds is 1. The monoisotopic (exact) mass is 162 g/mol. The molecule has 0 saturated heterocycles. The third-order valence-electron chi connectivity index (χ3n) is 1.25. The van der Waals surface area contributed by atoms with Crippen LogP contribution in [0, 0.1) is 13.8 Å². The molecule has 4 heteroatoms. The standard InChI is InChI=1S/C6H10N2O.ClH/c1-4-6(3-9)8-5(2)7-4;/h9H,3H2,1-2H3,(H,7,8);1H. The number of hydrogen-bond donors (Lipinski definition) is 2. The van der Waals surface area contributed by atoms with E-state index in [-0.39, 0.29) is 19.0 Å². The number of aliphatic hydroxyl groups is 1. The summed E-state index contributed by atoms with van der Waals surface area (Å²) >= 11 is 0. The molecule has 0 atom stereocenters. The number of nitrogens with one attached hydrogen (secondary N) is 1. The van der Waals surface area contributed by atoms with Crippen molar-refractivity contribution in [1.82, 2.24) is 9.97 Å². The number of hydrogen-bond acceptors (Lipinski definition) is 2. The molecule has 0 aliphatic heterocycles. The normalized spacial score (nSPS) is 9.10. The zero-order chi connectivity index (χ0) is 6.85. The van der Waals surface area contributed by atoms with Gasteiger partial charge in [-0.25, -0.2) is 4.98 Å². The maximum Gasteiger partial charge on any atom is 0.103 e. The Kier molecular flexibility index (Phi) is 3.39. The molecule has 1 heterocycles. The smallest absolute Gasteiger partial charge is 0.103 e. The van der Waals surface area contributed by atoms with Gasteiger partial charge in [-0.15, -0.1) is 12.4 Å². The molecular weight excluding hydrogens is 152 g/mol. The first-order valence-electron chi connectivity index (χ1n) is 2.87. The van der Waals surface area contributed by atoms with E-state index in [1.54, 1.807) is 0 Å². The van der Waals surface area contributed by atoms with Crippen molar-refractivity contribution in [2.45, 2.75) is 20.5 Å². The zero-order valence-electron chi connectivity index (χ0n) is 6.01. The van der Waals surface area contributed by atoms with Gasteiger partial charge in [0.05, 0.1) is 12.3 Å². The van der Waals surface area contributed by atoms with Crippen molar-refractivity contribution in [2.24, 2.45) is 0 Å². The lowest BCUT2D eigenvalue weighted by Crippen LogP contribution is -1.84. The second kappa shape index (κ2) is 3.58. The maximum absolute atomic E-state index is 8.65. The van der Waals surface area contributed by atoms with E-state index >= 15 is 0 Å². The van der Waals surface area contributed by atoms with Gasteiger partial charge >= 0.3 is 0 Å². The third kappa shape index (κ3) is 1.72. The number of aromatic nitrogens is 2. The summed E-state index contributed by atoms with van der Waals surface area (Å²) in [5, 5.41) is 8.65. The van der Waals surface area contributed by atoms with Crippen LogP contribution in [0.5, 0.6) is 0 Å². The van der Waals surface area contributed by atoms with Gasteiger partial charge in [0.2, 0.25) is 0 Å². The number of aliphatic hydroxyl groups excluding tert-OH is 1. The summed E-state index contributed by atoms with van der Waals surface area (Å²) in [5.74, 6) is 0.858. The quantitative estimate of drug-likeness (QED) is 0.646. The Morgan fingerprint density at radius 1 is 1.50 bits per heavy atom. The Morgan fingerprint density at radius 2 is 2.10 bits per heavy atom. The lowest BCUT2D eigenvalue weighted by Gasteiger charge is -1.85. The fraction of sp³-hybridized carbons (Fsp3) is 0.500. The molecule has 0 unspecified atom stereocenters. The van der Waals surface area contributed by atoms with Crippen LogP contribution in [0.4, 0.5) is 0 Å². The largest absolute Gasteiger partial charge is 0.390 e.